The van der Waals surface area contributed by atoms with Crippen LogP contribution in [-0.2, 0) is 12.7 Å². The quantitative estimate of drug-likeness (QED) is 0.340. The number of amides is 2. The third kappa shape index (κ3) is 5.91. The van der Waals surface area contributed by atoms with Gasteiger partial charge >= 0.3 is 6.18 Å². The summed E-state index contributed by atoms with van der Waals surface area (Å²) < 4.78 is 41.5. The van der Waals surface area contributed by atoms with Gasteiger partial charge in [0.05, 0.1) is 40.1 Å². The number of carbonyl (C=O) groups is 2. The number of aromatic nitrogens is 7. The molecule has 2 amide bonds. The van der Waals surface area contributed by atoms with Gasteiger partial charge in [-0.2, -0.15) is 23.5 Å². The van der Waals surface area contributed by atoms with Crippen molar-refractivity contribution in [2.24, 2.45) is 0 Å². The highest BCUT2D eigenvalue weighted by atomic mass is 35.5. The lowest BCUT2D eigenvalue weighted by Gasteiger charge is -2.16. The van der Waals surface area contributed by atoms with Crippen LogP contribution in [0.4, 0.5) is 18.9 Å². The lowest BCUT2D eigenvalue weighted by molar-refractivity contribution is -0.147. The number of alkyl halides is 3. The van der Waals surface area contributed by atoms with E-state index in [1.54, 1.807) is 26.8 Å². The number of anilines is 1. The van der Waals surface area contributed by atoms with Gasteiger partial charge in [-0.3, -0.25) is 9.59 Å². The highest BCUT2D eigenvalue weighted by Gasteiger charge is 2.38. The molecule has 0 saturated heterocycles. The van der Waals surface area contributed by atoms with Crippen LogP contribution in [0.2, 0.25) is 5.02 Å². The number of pyridine rings is 1. The molecule has 4 aromatic rings. The van der Waals surface area contributed by atoms with E-state index in [1.165, 1.54) is 30.5 Å². The van der Waals surface area contributed by atoms with E-state index < -0.39 is 30.4 Å². The van der Waals surface area contributed by atoms with E-state index in [0.29, 0.717) is 10.2 Å². The van der Waals surface area contributed by atoms with Crippen LogP contribution in [0, 0.1) is 18.3 Å². The highest BCUT2D eigenvalue weighted by molar-refractivity contribution is 6.32. The molecule has 0 aliphatic heterocycles. The van der Waals surface area contributed by atoms with Gasteiger partial charge < -0.3 is 10.6 Å². The van der Waals surface area contributed by atoms with Gasteiger partial charge in [-0.25, -0.2) is 14.3 Å². The molecular formula is C24H20ClF3N10O2. The Balaban J connectivity index is 1.78. The van der Waals surface area contributed by atoms with Gasteiger partial charge in [-0.15, -0.1) is 5.10 Å². The predicted octanol–water partition coefficient (Wildman–Crippen LogP) is 3.54. The molecule has 4 rings (SSSR count). The highest BCUT2D eigenvalue weighted by Crippen LogP contribution is 2.28. The first-order chi connectivity index (χ1) is 18.9. The molecule has 12 nitrogen and oxygen atoms in total. The Hall–Kier alpha value is -4.84. The second-order valence-corrected chi connectivity index (χ2v) is 9.22. The standard InChI is InChI=1S/C24H20ClF3N10O2/c1-12(2)31-21(39)16-8-14(10-29)7-13(3)19(16)32-22(40)18-9-15(11-37-23(24(26,27)28)33-35-36-37)34-38(18)20-17(25)5-4-6-30-20/h4-9,12H,11H2,1-3H3,(H,31,39)(H,32,40). The molecular weight excluding hydrogens is 553 g/mol. The number of hydrogen-bond donors (Lipinski definition) is 2. The third-order valence-electron chi connectivity index (χ3n) is 5.40. The van der Waals surface area contributed by atoms with Crippen molar-refractivity contribution in [1.29, 1.82) is 5.26 Å². The maximum Gasteiger partial charge on any atom is 0.453 e. The summed E-state index contributed by atoms with van der Waals surface area (Å²) in [6.07, 6.45) is -3.43. The number of nitrogens with zero attached hydrogens (tertiary/aromatic N) is 8. The van der Waals surface area contributed by atoms with Gasteiger partial charge in [0, 0.05) is 12.2 Å². The second-order valence-electron chi connectivity index (χ2n) is 8.81. The van der Waals surface area contributed by atoms with E-state index >= 15 is 0 Å². The lowest BCUT2D eigenvalue weighted by Crippen LogP contribution is -2.31. The van der Waals surface area contributed by atoms with Crippen LogP contribution in [0.5, 0.6) is 0 Å². The first-order valence-corrected chi connectivity index (χ1v) is 12.0. The van der Waals surface area contributed by atoms with Crippen LogP contribution in [0.15, 0.2) is 36.5 Å². The maximum absolute atomic E-state index is 13.6. The SMILES string of the molecule is Cc1cc(C#N)cc(C(=O)NC(C)C)c1NC(=O)c1cc(Cn2nnnc2C(F)(F)F)nn1-c1ncccc1Cl. The molecule has 40 heavy (non-hydrogen) atoms. The summed E-state index contributed by atoms with van der Waals surface area (Å²) in [4.78, 5) is 30.7. The molecule has 1 aromatic carbocycles. The molecule has 0 unspecified atom stereocenters. The Morgan fingerprint density at radius 2 is 1.95 bits per heavy atom. The molecule has 0 aliphatic carbocycles. The van der Waals surface area contributed by atoms with Gasteiger partial charge in [0.2, 0.25) is 0 Å². The number of nitriles is 1. The smallest absolute Gasteiger partial charge is 0.350 e. The summed E-state index contributed by atoms with van der Waals surface area (Å²) in [6.45, 7) is 4.58. The fourth-order valence-corrected chi connectivity index (χ4v) is 3.95. The van der Waals surface area contributed by atoms with Crippen molar-refractivity contribution < 1.29 is 22.8 Å². The van der Waals surface area contributed by atoms with E-state index in [2.05, 4.69) is 36.2 Å². The number of carbonyl (C=O) groups excluding carboxylic acids is 2. The lowest BCUT2D eigenvalue weighted by atomic mass is 10.0. The average molecular weight is 573 g/mol. The van der Waals surface area contributed by atoms with Gasteiger partial charge in [-0.05, 0) is 67.1 Å². The molecule has 0 bridgehead atoms. The molecule has 0 spiro atoms. The van der Waals surface area contributed by atoms with Crippen LogP contribution >= 0.6 is 11.6 Å². The van der Waals surface area contributed by atoms with Crippen molar-refractivity contribution in [2.75, 3.05) is 5.32 Å². The zero-order valence-electron chi connectivity index (χ0n) is 21.2. The molecule has 3 aromatic heterocycles. The van der Waals surface area contributed by atoms with Gasteiger partial charge in [0.1, 0.15) is 5.69 Å². The van der Waals surface area contributed by atoms with Crippen LogP contribution in [0.3, 0.4) is 0 Å². The van der Waals surface area contributed by atoms with Gasteiger partial charge in [0.15, 0.2) is 5.82 Å². The molecule has 206 valence electrons. The number of tetrazole rings is 1. The van der Waals surface area contributed by atoms with E-state index in [9.17, 15) is 28.0 Å². The number of rotatable bonds is 7. The van der Waals surface area contributed by atoms with Gasteiger partial charge in [0.25, 0.3) is 17.6 Å². The van der Waals surface area contributed by atoms with E-state index in [1.807, 2.05) is 6.07 Å². The van der Waals surface area contributed by atoms with E-state index in [4.69, 9.17) is 11.6 Å². The molecule has 0 atom stereocenters. The summed E-state index contributed by atoms with van der Waals surface area (Å²) in [7, 11) is 0. The summed E-state index contributed by atoms with van der Waals surface area (Å²) in [6, 6.07) is 8.86. The monoisotopic (exact) mass is 572 g/mol. The molecule has 2 N–H and O–H groups in total. The summed E-state index contributed by atoms with van der Waals surface area (Å²) >= 11 is 6.28. The largest absolute Gasteiger partial charge is 0.453 e. The second kappa shape index (κ2) is 11.1. The zero-order valence-corrected chi connectivity index (χ0v) is 21.9. The van der Waals surface area contributed by atoms with Crippen molar-refractivity contribution >= 4 is 29.1 Å². The normalized spacial score (nSPS) is 11.4. The van der Waals surface area contributed by atoms with Gasteiger partial charge in [-0.1, -0.05) is 11.6 Å². The zero-order chi connectivity index (χ0) is 29.2. The van der Waals surface area contributed by atoms with E-state index in [-0.39, 0.29) is 45.1 Å². The molecule has 0 saturated carbocycles. The van der Waals surface area contributed by atoms with Crippen molar-refractivity contribution in [3.63, 3.8) is 0 Å². The van der Waals surface area contributed by atoms with Crippen LogP contribution < -0.4 is 10.6 Å². The van der Waals surface area contributed by atoms with Crippen LogP contribution in [-0.4, -0.2) is 52.8 Å². The Morgan fingerprint density at radius 1 is 1.20 bits per heavy atom. The van der Waals surface area contributed by atoms with Crippen LogP contribution in [0.1, 0.15) is 57.3 Å². The Kier molecular flexibility index (Phi) is 7.82. The fraction of sp³-hybridized carbons (Fsp3) is 0.250. The Bertz CT molecular complexity index is 1640. The number of benzene rings is 1. The summed E-state index contributed by atoms with van der Waals surface area (Å²) in [5, 5.41) is 28.6. The average Bonchev–Trinajstić information content (AvgIpc) is 3.52. The fourth-order valence-electron chi connectivity index (χ4n) is 3.75. The Morgan fingerprint density at radius 3 is 2.60 bits per heavy atom. The molecule has 0 aliphatic rings. The van der Waals surface area contributed by atoms with Crippen molar-refractivity contribution in [3.8, 4) is 11.9 Å². The predicted molar refractivity (Wildman–Crippen MR) is 135 cm³/mol. The first kappa shape index (κ1) is 28.2. The van der Waals surface area contributed by atoms with Crippen molar-refractivity contribution in [3.05, 3.63) is 75.5 Å². The first-order valence-electron chi connectivity index (χ1n) is 11.6. The molecule has 0 fully saturated rings. The number of halogens is 4. The Labute approximate surface area is 229 Å². The van der Waals surface area contributed by atoms with Crippen molar-refractivity contribution in [2.45, 2.75) is 39.5 Å². The number of nitrogens with one attached hydrogen (secondary N) is 2. The number of aryl methyl sites for hydroxylation is 1. The maximum atomic E-state index is 13.6. The minimum absolute atomic E-state index is 0.0148. The minimum Gasteiger partial charge on any atom is -0.350 e. The molecule has 0 radical (unpaired) electrons. The van der Waals surface area contributed by atoms with E-state index in [0.717, 1.165) is 4.68 Å². The topological polar surface area (TPSA) is 156 Å². The number of hydrogen-bond acceptors (Lipinski definition) is 8. The summed E-state index contributed by atoms with van der Waals surface area (Å²) in [5.41, 5.74) is 0.633. The third-order valence-corrected chi connectivity index (χ3v) is 5.69. The van der Waals surface area contributed by atoms with Crippen LogP contribution in [0.25, 0.3) is 5.82 Å². The minimum atomic E-state index is -4.82. The molecule has 16 heteroatoms. The molecule has 3 heterocycles. The summed E-state index contributed by atoms with van der Waals surface area (Å²) in [5.74, 6) is -2.62. The van der Waals surface area contributed by atoms with Crippen molar-refractivity contribution in [1.82, 2.24) is 40.3 Å².